The fourth-order valence-corrected chi connectivity index (χ4v) is 14.7. The van der Waals surface area contributed by atoms with Gasteiger partial charge in [0, 0.05) is 74.5 Å². The van der Waals surface area contributed by atoms with Crippen molar-refractivity contribution in [3.8, 4) is 0 Å². The summed E-state index contributed by atoms with van der Waals surface area (Å²) in [5.74, 6) is -2.29. The van der Waals surface area contributed by atoms with Gasteiger partial charge in [-0.15, -0.1) is 23.5 Å². The highest BCUT2D eigenvalue weighted by atomic mass is 32.2. The quantitative estimate of drug-likeness (QED) is 0.0442. The van der Waals surface area contributed by atoms with Gasteiger partial charge in [-0.25, -0.2) is 0 Å². The maximum absolute atomic E-state index is 12.8. The molecule has 0 spiro atoms. The molecule has 2 saturated carbocycles. The molecule has 0 radical (unpaired) electrons. The minimum Gasteiger partial charge on any atom is -0.481 e. The lowest BCUT2D eigenvalue weighted by atomic mass is 9.96. The first-order valence-electron chi connectivity index (χ1n) is 23.8. The number of thiocarbonyl (C=S) groups is 2. The first kappa shape index (κ1) is 62.2. The summed E-state index contributed by atoms with van der Waals surface area (Å²) in [4.78, 5) is 79.5. The molecule has 4 heterocycles. The van der Waals surface area contributed by atoms with E-state index in [1.165, 1.54) is 45.6 Å². The molecule has 6 aliphatic rings. The second kappa shape index (κ2) is 27.3. The lowest BCUT2D eigenvalue weighted by molar-refractivity contribution is -0.140. The van der Waals surface area contributed by atoms with Crippen LogP contribution in [0.25, 0.3) is 12.2 Å². The van der Waals surface area contributed by atoms with Crippen molar-refractivity contribution in [3.63, 3.8) is 0 Å². The monoisotopic (exact) mass is 1160 g/mol. The van der Waals surface area contributed by atoms with Gasteiger partial charge in [-0.2, -0.15) is 0 Å². The second-order valence-electron chi connectivity index (χ2n) is 18.2. The SMILES string of the molecule is C.C.C.C.O=C(O)CCSc1ccc(N2c3ccc(/C=C4\SC(=S)N(CC(=O)O)C4=O)cc3C3CCCC32)cc1.O=C(O)CCSc1ccc(N2c3ccc(/C=C4\SC(=S)N(CCC(=O)O)C4=O)cc3C3CCCC32)cc1. The zero-order valence-electron chi connectivity index (χ0n) is 39.2. The van der Waals surface area contributed by atoms with Crippen LogP contribution in [0.15, 0.2) is 105 Å². The molecule has 4 aliphatic heterocycles. The van der Waals surface area contributed by atoms with Gasteiger partial charge >= 0.3 is 23.9 Å². The summed E-state index contributed by atoms with van der Waals surface area (Å²) in [6.45, 7) is -0.348. The van der Waals surface area contributed by atoms with E-state index in [-0.39, 0.29) is 71.6 Å². The van der Waals surface area contributed by atoms with Gasteiger partial charge in [-0.05, 0) is 133 Å². The number of hydrogen-bond acceptors (Lipinski definition) is 14. The molecule has 2 aliphatic carbocycles. The van der Waals surface area contributed by atoms with E-state index in [2.05, 4.69) is 82.6 Å². The van der Waals surface area contributed by atoms with Crippen molar-refractivity contribution in [3.05, 3.63) is 117 Å². The van der Waals surface area contributed by atoms with Crippen molar-refractivity contribution < 1.29 is 49.2 Å². The Morgan fingerprint density at radius 2 is 0.948 bits per heavy atom. The molecule has 4 fully saturated rings. The minimum atomic E-state index is -1.09. The van der Waals surface area contributed by atoms with E-state index in [1.807, 2.05) is 18.2 Å². The molecule has 2 saturated heterocycles. The maximum Gasteiger partial charge on any atom is 0.323 e. The highest BCUT2D eigenvalue weighted by Gasteiger charge is 2.44. The number of hydrogen-bond donors (Lipinski definition) is 4. The van der Waals surface area contributed by atoms with Gasteiger partial charge in [0.15, 0.2) is 0 Å². The Hall–Kier alpha value is -5.64. The molecule has 4 aromatic carbocycles. The Labute approximate surface area is 479 Å². The number of fused-ring (bicyclic) bond motifs is 6. The number of carbonyl (C=O) groups excluding carboxylic acids is 2. The maximum atomic E-state index is 12.8. The number of carboxylic acids is 4. The van der Waals surface area contributed by atoms with Crippen molar-refractivity contribution in [2.45, 2.75) is 121 Å². The number of amides is 2. The minimum absolute atomic E-state index is 0. The highest BCUT2D eigenvalue weighted by molar-refractivity contribution is 8.27. The van der Waals surface area contributed by atoms with Gasteiger partial charge in [0.05, 0.1) is 29.1 Å². The molecule has 410 valence electrons. The van der Waals surface area contributed by atoms with Gasteiger partial charge in [0.2, 0.25) is 0 Å². The molecule has 4 unspecified atom stereocenters. The van der Waals surface area contributed by atoms with Crippen LogP contribution in [0.3, 0.4) is 0 Å². The first-order valence-corrected chi connectivity index (χ1v) is 28.3. The van der Waals surface area contributed by atoms with Crippen LogP contribution >= 0.6 is 71.5 Å². The summed E-state index contributed by atoms with van der Waals surface area (Å²) in [7, 11) is 0. The van der Waals surface area contributed by atoms with E-state index >= 15 is 0 Å². The van der Waals surface area contributed by atoms with Crippen molar-refractivity contribution in [2.24, 2.45) is 0 Å². The number of rotatable bonds is 17. The van der Waals surface area contributed by atoms with Gasteiger partial charge in [-0.3, -0.25) is 38.6 Å². The topological polar surface area (TPSA) is 196 Å². The fraction of sp³-hybridized carbons (Fsp3) is 0.368. The third-order valence-electron chi connectivity index (χ3n) is 13.6. The zero-order valence-corrected chi connectivity index (χ0v) is 44.1. The normalized spacial score (nSPS) is 20.6. The van der Waals surface area contributed by atoms with E-state index in [0.717, 1.165) is 81.1 Å². The van der Waals surface area contributed by atoms with Crippen molar-refractivity contribution in [1.29, 1.82) is 0 Å². The zero-order chi connectivity index (χ0) is 51.5. The van der Waals surface area contributed by atoms with Crippen LogP contribution < -0.4 is 9.80 Å². The van der Waals surface area contributed by atoms with Crippen molar-refractivity contribution >= 4 is 151 Å². The molecule has 0 bridgehead atoms. The number of thioether (sulfide) groups is 4. The van der Waals surface area contributed by atoms with E-state index in [1.54, 1.807) is 29.6 Å². The van der Waals surface area contributed by atoms with E-state index in [4.69, 9.17) is 44.9 Å². The molecular formula is C57H66N4O10S6. The molecule has 4 N–H and O–H groups in total. The summed E-state index contributed by atoms with van der Waals surface area (Å²) in [5, 5.41) is 35.7. The van der Waals surface area contributed by atoms with E-state index in [9.17, 15) is 28.8 Å². The molecule has 2 amide bonds. The molecule has 77 heavy (non-hydrogen) atoms. The largest absolute Gasteiger partial charge is 0.481 e. The summed E-state index contributed by atoms with van der Waals surface area (Å²) in [6, 6.07) is 30.0. The Balaban J connectivity index is 0.000000270. The molecule has 14 nitrogen and oxygen atoms in total. The smallest absolute Gasteiger partial charge is 0.323 e. The van der Waals surface area contributed by atoms with Crippen LogP contribution in [-0.2, 0) is 28.8 Å². The lowest BCUT2D eigenvalue weighted by Gasteiger charge is -2.27. The molecule has 20 heteroatoms. The van der Waals surface area contributed by atoms with Crippen molar-refractivity contribution in [2.75, 3.05) is 34.4 Å². The van der Waals surface area contributed by atoms with Gasteiger partial charge in [0.25, 0.3) is 11.8 Å². The summed E-state index contributed by atoms with van der Waals surface area (Å²) < 4.78 is 0.659. The Morgan fingerprint density at radius 3 is 1.35 bits per heavy atom. The van der Waals surface area contributed by atoms with Crippen LogP contribution in [0.1, 0.15) is 122 Å². The molecular weight excluding hydrogens is 1090 g/mol. The third-order valence-corrected chi connectivity index (χ3v) is 18.4. The highest BCUT2D eigenvalue weighted by Crippen LogP contribution is 2.54. The lowest BCUT2D eigenvalue weighted by Crippen LogP contribution is -2.33. The number of carbonyl (C=O) groups is 6. The predicted octanol–water partition coefficient (Wildman–Crippen LogP) is 13.6. The second-order valence-corrected chi connectivity index (χ2v) is 23.9. The summed E-state index contributed by atoms with van der Waals surface area (Å²) in [5.41, 5.74) is 9.02. The Kier molecular flexibility index (Phi) is 22.1. The first-order chi connectivity index (χ1) is 35.1. The average Bonchev–Trinajstić information content (AvgIpc) is 4.21. The number of nitrogens with zero attached hydrogens (tertiary/aromatic N) is 4. The molecule has 4 aromatic rings. The predicted molar refractivity (Wildman–Crippen MR) is 323 cm³/mol. The van der Waals surface area contributed by atoms with Crippen LogP contribution in [-0.4, -0.2) is 111 Å². The summed E-state index contributed by atoms with van der Waals surface area (Å²) >= 11 is 16.0. The van der Waals surface area contributed by atoms with Crippen LogP contribution in [0.4, 0.5) is 22.7 Å². The van der Waals surface area contributed by atoms with Crippen LogP contribution in [0.5, 0.6) is 0 Å². The number of benzene rings is 4. The van der Waals surface area contributed by atoms with Crippen LogP contribution in [0, 0.1) is 0 Å². The standard InChI is InChI=1S/C27H26N2O5S3.C26H24N2O5S3.4CH4/c30-24(31)10-12-28-26(34)23(37-27(28)35)15-16-4-9-22-20(14-16)19-2-1-3-21(19)29(22)17-5-7-18(8-6-17)36-13-11-25(32)33;29-23(30)10-11-35-17-7-5-16(6-8-17)28-20-3-1-2-18(20)19-12-15(4-9-21(19)28)13-22-25(33)27(14-24(31)32)26(34)36-22;;;;/h4-9,14-15,19,21H,1-3,10-13H2,(H,30,31)(H,32,33);4-9,12-13,18,20H,1-3,10-11,14H2,(H,29,30)(H,31,32);4*1H4/b23-15-;22-13-;;;;. The third kappa shape index (κ3) is 14.0. The molecule has 10 rings (SSSR count). The van der Waals surface area contributed by atoms with E-state index in [0.29, 0.717) is 49.6 Å². The van der Waals surface area contributed by atoms with Crippen LogP contribution in [0.2, 0.25) is 0 Å². The number of carboxylic acid groups (broad SMARTS) is 4. The van der Waals surface area contributed by atoms with Crippen molar-refractivity contribution in [1.82, 2.24) is 9.80 Å². The number of aliphatic carboxylic acids is 4. The Morgan fingerprint density at radius 1 is 0.545 bits per heavy atom. The fourth-order valence-electron chi connectivity index (χ4n) is 10.5. The molecule has 0 aromatic heterocycles. The van der Waals surface area contributed by atoms with Gasteiger partial charge in [-0.1, -0.05) is 103 Å². The summed E-state index contributed by atoms with van der Waals surface area (Å²) in [6.07, 6.45) is 10.6. The molecule has 4 atom stereocenters. The number of anilines is 4. The Bertz CT molecular complexity index is 2970. The van der Waals surface area contributed by atoms with Gasteiger partial charge < -0.3 is 30.2 Å². The van der Waals surface area contributed by atoms with E-state index < -0.39 is 30.4 Å². The van der Waals surface area contributed by atoms with Gasteiger partial charge in [0.1, 0.15) is 15.2 Å². The average molecular weight is 1160 g/mol.